The van der Waals surface area contributed by atoms with E-state index in [-0.39, 0.29) is 5.91 Å². The molecule has 0 bridgehead atoms. The Labute approximate surface area is 176 Å². The van der Waals surface area contributed by atoms with Gasteiger partial charge in [0, 0.05) is 24.3 Å². The Morgan fingerprint density at radius 3 is 2.47 bits per heavy atom. The van der Waals surface area contributed by atoms with Gasteiger partial charge in [-0.25, -0.2) is 8.78 Å². The summed E-state index contributed by atoms with van der Waals surface area (Å²) in [5.41, 5.74) is 1.65. The Kier molecular flexibility index (Phi) is 6.75. The van der Waals surface area contributed by atoms with E-state index in [2.05, 4.69) is 39.4 Å². The zero-order valence-electron chi connectivity index (χ0n) is 17.2. The van der Waals surface area contributed by atoms with Crippen molar-refractivity contribution in [3.8, 4) is 0 Å². The molecule has 2 aromatic carbocycles. The Balaban J connectivity index is 1.27. The summed E-state index contributed by atoms with van der Waals surface area (Å²) in [5.74, 6) is -1.43. The van der Waals surface area contributed by atoms with Crippen molar-refractivity contribution in [3.63, 3.8) is 0 Å². The van der Waals surface area contributed by atoms with Crippen molar-refractivity contribution >= 4 is 11.6 Å². The number of carbonyl (C=O) groups excluding carboxylic acids is 1. The molecule has 0 spiro atoms. The Hall–Kier alpha value is -2.31. The molecule has 1 N–H and O–H groups in total. The highest BCUT2D eigenvalue weighted by Gasteiger charge is 2.34. The highest BCUT2D eigenvalue weighted by molar-refractivity contribution is 5.92. The minimum Gasteiger partial charge on any atom is -0.325 e. The number of nitrogens with one attached hydrogen (secondary N) is 1. The summed E-state index contributed by atoms with van der Waals surface area (Å²) in [7, 11) is 0. The van der Waals surface area contributed by atoms with E-state index < -0.39 is 11.6 Å². The van der Waals surface area contributed by atoms with Crippen molar-refractivity contribution in [2.45, 2.75) is 38.3 Å². The van der Waals surface area contributed by atoms with Crippen molar-refractivity contribution in [3.05, 3.63) is 65.7 Å². The van der Waals surface area contributed by atoms with Gasteiger partial charge in [0.15, 0.2) is 11.6 Å². The average Bonchev–Trinajstić information content (AvgIpc) is 3.20. The molecule has 0 radical (unpaired) electrons. The van der Waals surface area contributed by atoms with Crippen molar-refractivity contribution in [2.24, 2.45) is 5.92 Å². The number of anilines is 1. The third kappa shape index (κ3) is 5.24. The second-order valence-electron chi connectivity index (χ2n) is 8.46. The van der Waals surface area contributed by atoms with Crippen molar-refractivity contribution < 1.29 is 13.6 Å². The lowest BCUT2D eigenvalue weighted by atomic mass is 9.87. The topological polar surface area (TPSA) is 35.6 Å². The van der Waals surface area contributed by atoms with Crippen LogP contribution in [-0.2, 0) is 11.3 Å². The van der Waals surface area contributed by atoms with Crippen LogP contribution in [-0.4, -0.2) is 47.9 Å². The number of amides is 1. The number of rotatable bonds is 6. The first-order chi connectivity index (χ1) is 14.6. The van der Waals surface area contributed by atoms with Crippen molar-refractivity contribution in [2.75, 3.05) is 31.5 Å². The van der Waals surface area contributed by atoms with E-state index in [9.17, 15) is 13.6 Å². The molecule has 160 valence electrons. The van der Waals surface area contributed by atoms with E-state index in [4.69, 9.17) is 0 Å². The molecule has 2 aliphatic heterocycles. The third-order valence-electron chi connectivity index (χ3n) is 6.39. The number of hydrogen-bond acceptors (Lipinski definition) is 3. The normalized spacial score (nSPS) is 21.1. The molecule has 1 unspecified atom stereocenters. The van der Waals surface area contributed by atoms with Crippen LogP contribution in [0.3, 0.4) is 0 Å². The summed E-state index contributed by atoms with van der Waals surface area (Å²) in [6.45, 7) is 4.39. The van der Waals surface area contributed by atoms with E-state index in [1.54, 1.807) is 0 Å². The summed E-state index contributed by atoms with van der Waals surface area (Å²) < 4.78 is 26.4. The summed E-state index contributed by atoms with van der Waals surface area (Å²) in [6, 6.07) is 14.5. The third-order valence-corrected chi connectivity index (χ3v) is 6.39. The molecule has 1 amide bonds. The summed E-state index contributed by atoms with van der Waals surface area (Å²) >= 11 is 0. The predicted molar refractivity (Wildman–Crippen MR) is 114 cm³/mol. The number of benzene rings is 2. The van der Waals surface area contributed by atoms with Crippen LogP contribution in [0.5, 0.6) is 0 Å². The van der Waals surface area contributed by atoms with Crippen molar-refractivity contribution in [1.82, 2.24) is 9.80 Å². The SMILES string of the molecule is O=C(CN1CCCC1C1CCN(Cc2ccccc2)CC1)Nc1ccc(F)c(F)c1. The number of nitrogens with zero attached hydrogens (tertiary/aromatic N) is 2. The van der Waals surface area contributed by atoms with Crippen LogP contribution in [0.4, 0.5) is 14.5 Å². The Morgan fingerprint density at radius 1 is 0.967 bits per heavy atom. The first-order valence-corrected chi connectivity index (χ1v) is 10.8. The first-order valence-electron chi connectivity index (χ1n) is 10.8. The van der Waals surface area contributed by atoms with Gasteiger partial charge in [0.1, 0.15) is 0 Å². The fourth-order valence-corrected chi connectivity index (χ4v) is 4.88. The molecular formula is C24H29F2N3O. The molecule has 2 aliphatic rings. The lowest BCUT2D eigenvalue weighted by Crippen LogP contribution is -2.44. The van der Waals surface area contributed by atoms with E-state index in [1.807, 2.05) is 6.07 Å². The zero-order valence-corrected chi connectivity index (χ0v) is 17.2. The van der Waals surface area contributed by atoms with Gasteiger partial charge >= 0.3 is 0 Å². The quantitative estimate of drug-likeness (QED) is 0.768. The van der Waals surface area contributed by atoms with E-state index >= 15 is 0 Å². The number of halogens is 2. The largest absolute Gasteiger partial charge is 0.325 e. The molecule has 1 atom stereocenters. The second kappa shape index (κ2) is 9.67. The minimum absolute atomic E-state index is 0.172. The summed E-state index contributed by atoms with van der Waals surface area (Å²) in [5, 5.41) is 2.70. The van der Waals surface area contributed by atoms with Crippen LogP contribution in [0.2, 0.25) is 0 Å². The fourth-order valence-electron chi connectivity index (χ4n) is 4.88. The summed E-state index contributed by atoms with van der Waals surface area (Å²) in [6.07, 6.45) is 4.53. The van der Waals surface area contributed by atoms with E-state index in [0.29, 0.717) is 24.2 Å². The van der Waals surface area contributed by atoms with Gasteiger partial charge in [-0.1, -0.05) is 30.3 Å². The molecule has 30 heavy (non-hydrogen) atoms. The fraction of sp³-hybridized carbons (Fsp3) is 0.458. The van der Waals surface area contributed by atoms with E-state index in [0.717, 1.165) is 64.0 Å². The molecule has 4 nitrogen and oxygen atoms in total. The Bertz CT molecular complexity index is 853. The van der Waals surface area contributed by atoms with Gasteiger partial charge in [-0.15, -0.1) is 0 Å². The van der Waals surface area contributed by atoms with Crippen LogP contribution in [0.25, 0.3) is 0 Å². The summed E-state index contributed by atoms with van der Waals surface area (Å²) in [4.78, 5) is 17.3. The maximum atomic E-state index is 13.4. The molecule has 0 saturated carbocycles. The molecule has 2 fully saturated rings. The first kappa shape index (κ1) is 20.9. The van der Waals surface area contributed by atoms with E-state index in [1.165, 1.54) is 11.6 Å². The molecule has 6 heteroatoms. The van der Waals surface area contributed by atoms with Gasteiger partial charge in [-0.05, 0) is 68.9 Å². The average molecular weight is 414 g/mol. The van der Waals surface area contributed by atoms with Crippen molar-refractivity contribution in [1.29, 1.82) is 0 Å². The number of carbonyl (C=O) groups is 1. The monoisotopic (exact) mass is 413 g/mol. The second-order valence-corrected chi connectivity index (χ2v) is 8.46. The van der Waals surface area contributed by atoms with Crippen LogP contribution in [0, 0.1) is 17.6 Å². The molecule has 0 aromatic heterocycles. The Morgan fingerprint density at radius 2 is 1.73 bits per heavy atom. The van der Waals surface area contributed by atoms with Gasteiger partial charge < -0.3 is 5.32 Å². The standard InChI is InChI=1S/C24H29F2N3O/c25-21-9-8-20(15-22(21)26)27-24(30)17-29-12-4-7-23(29)19-10-13-28(14-11-19)16-18-5-2-1-3-6-18/h1-3,5-6,8-9,15,19,23H,4,7,10-14,16-17H2,(H,27,30). The van der Waals surface area contributed by atoms with Gasteiger partial charge in [0.25, 0.3) is 0 Å². The van der Waals surface area contributed by atoms with Crippen LogP contribution in [0.1, 0.15) is 31.2 Å². The molecule has 2 heterocycles. The molecule has 2 saturated heterocycles. The lowest BCUT2D eigenvalue weighted by Gasteiger charge is -2.38. The van der Waals surface area contributed by atoms with Gasteiger partial charge in [0.2, 0.25) is 5.91 Å². The van der Waals surface area contributed by atoms with Gasteiger partial charge in [-0.3, -0.25) is 14.6 Å². The number of hydrogen-bond donors (Lipinski definition) is 1. The number of piperidine rings is 1. The minimum atomic E-state index is -0.950. The predicted octanol–water partition coefficient (Wildman–Crippen LogP) is 4.28. The lowest BCUT2D eigenvalue weighted by molar-refractivity contribution is -0.117. The van der Waals surface area contributed by atoms with Crippen LogP contribution in [0.15, 0.2) is 48.5 Å². The highest BCUT2D eigenvalue weighted by Crippen LogP contribution is 2.31. The van der Waals surface area contributed by atoms with Gasteiger partial charge in [0.05, 0.1) is 6.54 Å². The molecule has 2 aromatic rings. The molecule has 4 rings (SSSR count). The maximum Gasteiger partial charge on any atom is 0.238 e. The number of likely N-dealkylation sites (tertiary alicyclic amines) is 2. The maximum absolute atomic E-state index is 13.4. The zero-order chi connectivity index (χ0) is 20.9. The highest BCUT2D eigenvalue weighted by atomic mass is 19.2. The van der Waals surface area contributed by atoms with Crippen LogP contribution >= 0.6 is 0 Å². The van der Waals surface area contributed by atoms with Crippen LogP contribution < -0.4 is 5.32 Å². The smallest absolute Gasteiger partial charge is 0.238 e. The van der Waals surface area contributed by atoms with Gasteiger partial charge in [-0.2, -0.15) is 0 Å². The molecular weight excluding hydrogens is 384 g/mol. The molecule has 0 aliphatic carbocycles.